The molecule has 0 aliphatic heterocycles. The van der Waals surface area contributed by atoms with Gasteiger partial charge in [0.25, 0.3) is 0 Å². The fraction of sp³-hybridized carbons (Fsp3) is 0.417. The number of nitrogens with zero attached hydrogens (tertiary/aromatic N) is 6. The van der Waals surface area contributed by atoms with Crippen LogP contribution in [0.25, 0.3) is 0 Å². The molecule has 0 spiro atoms. The van der Waals surface area contributed by atoms with Gasteiger partial charge in [0, 0.05) is 6.20 Å². The maximum atomic E-state index is 8.81. The lowest BCUT2D eigenvalue weighted by atomic mass is 10.3. The molecule has 7 nitrogen and oxygen atoms in total. The van der Waals surface area contributed by atoms with Gasteiger partial charge in [-0.3, -0.25) is 0 Å². The third-order valence-electron chi connectivity index (χ3n) is 3.33. The van der Waals surface area contributed by atoms with E-state index in [1.165, 1.54) is 30.8 Å². The Balaban J connectivity index is 1.85. The van der Waals surface area contributed by atoms with Gasteiger partial charge in [0.2, 0.25) is 5.16 Å². The molecule has 1 saturated carbocycles. The molecule has 1 fully saturated rings. The quantitative estimate of drug-likeness (QED) is 0.917. The molecule has 102 valence electrons. The van der Waals surface area contributed by atoms with E-state index in [4.69, 9.17) is 11.0 Å². The number of nitriles is 1. The highest BCUT2D eigenvalue weighted by molar-refractivity contribution is 7.99. The summed E-state index contributed by atoms with van der Waals surface area (Å²) in [5.74, 6) is 0. The second-order valence-electron chi connectivity index (χ2n) is 4.68. The smallest absolute Gasteiger partial charge is 0.215 e. The molecule has 20 heavy (non-hydrogen) atoms. The highest BCUT2D eigenvalue weighted by Crippen LogP contribution is 2.34. The molecule has 2 aromatic heterocycles. The van der Waals surface area contributed by atoms with Crippen molar-refractivity contribution in [1.82, 2.24) is 25.2 Å². The third-order valence-corrected chi connectivity index (χ3v) is 4.31. The Morgan fingerprint density at radius 3 is 2.90 bits per heavy atom. The van der Waals surface area contributed by atoms with Gasteiger partial charge in [-0.25, -0.2) is 9.67 Å². The van der Waals surface area contributed by atoms with Gasteiger partial charge < -0.3 is 5.73 Å². The molecule has 8 heteroatoms. The van der Waals surface area contributed by atoms with Crippen LogP contribution in [0.1, 0.15) is 37.3 Å². The minimum Gasteiger partial charge on any atom is -0.396 e. The summed E-state index contributed by atoms with van der Waals surface area (Å²) in [5.41, 5.74) is 6.82. The molecule has 0 amide bonds. The highest BCUT2D eigenvalue weighted by Gasteiger charge is 2.22. The number of aromatic nitrogens is 5. The van der Waals surface area contributed by atoms with Gasteiger partial charge >= 0.3 is 0 Å². The fourth-order valence-electron chi connectivity index (χ4n) is 2.33. The molecule has 0 radical (unpaired) electrons. The van der Waals surface area contributed by atoms with Gasteiger partial charge in [-0.2, -0.15) is 5.26 Å². The topological polar surface area (TPSA) is 106 Å². The summed E-state index contributed by atoms with van der Waals surface area (Å²) in [6, 6.07) is 3.99. The Morgan fingerprint density at radius 1 is 1.40 bits per heavy atom. The summed E-state index contributed by atoms with van der Waals surface area (Å²) in [6.45, 7) is 0. The zero-order valence-electron chi connectivity index (χ0n) is 10.7. The number of tetrazole rings is 1. The van der Waals surface area contributed by atoms with Crippen LogP contribution in [0.2, 0.25) is 0 Å². The second-order valence-corrected chi connectivity index (χ2v) is 5.63. The lowest BCUT2D eigenvalue weighted by Gasteiger charge is -2.10. The predicted octanol–water partition coefficient (Wildman–Crippen LogP) is 1.79. The van der Waals surface area contributed by atoms with Crippen LogP contribution in [0.5, 0.6) is 0 Å². The van der Waals surface area contributed by atoms with E-state index in [9.17, 15) is 0 Å². The van der Waals surface area contributed by atoms with Crippen molar-refractivity contribution in [3.8, 4) is 6.07 Å². The van der Waals surface area contributed by atoms with Crippen molar-refractivity contribution >= 4 is 17.4 Å². The van der Waals surface area contributed by atoms with Crippen LogP contribution in [0.3, 0.4) is 0 Å². The predicted molar refractivity (Wildman–Crippen MR) is 72.8 cm³/mol. The van der Waals surface area contributed by atoms with Gasteiger partial charge in [-0.1, -0.05) is 12.8 Å². The highest BCUT2D eigenvalue weighted by atomic mass is 32.2. The van der Waals surface area contributed by atoms with Crippen molar-refractivity contribution < 1.29 is 0 Å². The molecule has 3 rings (SSSR count). The van der Waals surface area contributed by atoms with Crippen molar-refractivity contribution in [3.63, 3.8) is 0 Å². The normalized spacial score (nSPS) is 15.3. The summed E-state index contributed by atoms with van der Waals surface area (Å²) in [5, 5.41) is 22.0. The summed E-state index contributed by atoms with van der Waals surface area (Å²) < 4.78 is 1.86. The van der Waals surface area contributed by atoms with Crippen molar-refractivity contribution in [2.75, 3.05) is 5.73 Å². The summed E-state index contributed by atoms with van der Waals surface area (Å²) in [7, 11) is 0. The number of anilines is 1. The lowest BCUT2D eigenvalue weighted by molar-refractivity contribution is 0.423. The average molecular weight is 287 g/mol. The number of rotatable bonds is 3. The standard InChI is InChI=1S/C12H13N7S/c13-6-8-5-10(14)11(15-7-8)20-12-16-17-18-19(12)9-3-1-2-4-9/h5,7,9H,1-4,14H2. The molecule has 2 heterocycles. The van der Waals surface area contributed by atoms with Crippen LogP contribution in [0.4, 0.5) is 5.69 Å². The van der Waals surface area contributed by atoms with Gasteiger partial charge in [0.05, 0.1) is 17.3 Å². The zero-order chi connectivity index (χ0) is 13.9. The van der Waals surface area contributed by atoms with Crippen molar-refractivity contribution in [2.24, 2.45) is 0 Å². The molecule has 0 atom stereocenters. The second kappa shape index (κ2) is 5.46. The first-order valence-electron chi connectivity index (χ1n) is 6.39. The summed E-state index contributed by atoms with van der Waals surface area (Å²) in [6.07, 6.45) is 6.14. The van der Waals surface area contributed by atoms with Crippen LogP contribution in [-0.4, -0.2) is 25.2 Å². The summed E-state index contributed by atoms with van der Waals surface area (Å²) in [4.78, 5) is 4.20. The Bertz CT molecular complexity index is 654. The number of hydrogen-bond donors (Lipinski definition) is 1. The number of hydrogen-bond acceptors (Lipinski definition) is 7. The van der Waals surface area contributed by atoms with Crippen molar-refractivity contribution in [3.05, 3.63) is 17.8 Å². The molecule has 1 aliphatic rings. The molecule has 2 N–H and O–H groups in total. The largest absolute Gasteiger partial charge is 0.396 e. The monoisotopic (exact) mass is 287 g/mol. The van der Waals surface area contributed by atoms with Crippen molar-refractivity contribution in [2.45, 2.75) is 41.9 Å². The SMILES string of the molecule is N#Cc1cnc(Sc2nnnn2C2CCCC2)c(N)c1. The first kappa shape index (κ1) is 12.9. The van der Waals surface area contributed by atoms with Crippen LogP contribution < -0.4 is 5.73 Å². The van der Waals surface area contributed by atoms with Gasteiger partial charge in [0.1, 0.15) is 11.1 Å². The minimum absolute atomic E-state index is 0.368. The molecule has 2 aromatic rings. The van der Waals surface area contributed by atoms with Crippen LogP contribution in [0, 0.1) is 11.3 Å². The Morgan fingerprint density at radius 2 is 2.20 bits per heavy atom. The Labute approximate surface area is 120 Å². The van der Waals surface area contributed by atoms with E-state index < -0.39 is 0 Å². The van der Waals surface area contributed by atoms with E-state index in [1.54, 1.807) is 6.07 Å². The molecule has 0 bridgehead atoms. The zero-order valence-corrected chi connectivity index (χ0v) is 11.5. The minimum atomic E-state index is 0.368. The number of nitrogen functional groups attached to an aromatic ring is 1. The molecule has 0 aromatic carbocycles. The maximum Gasteiger partial charge on any atom is 0.215 e. The Hall–Kier alpha value is -2.14. The average Bonchev–Trinajstić information content (AvgIpc) is 3.11. The van der Waals surface area contributed by atoms with E-state index >= 15 is 0 Å². The van der Waals surface area contributed by atoms with Gasteiger partial charge in [-0.15, -0.1) is 5.10 Å². The molecule has 1 aliphatic carbocycles. The fourth-order valence-corrected chi connectivity index (χ4v) is 3.14. The first-order valence-corrected chi connectivity index (χ1v) is 7.21. The Kier molecular flexibility index (Phi) is 3.52. The van der Waals surface area contributed by atoms with Gasteiger partial charge in [-0.05, 0) is 41.1 Å². The molecule has 0 unspecified atom stereocenters. The van der Waals surface area contributed by atoms with Crippen molar-refractivity contribution in [1.29, 1.82) is 5.26 Å². The van der Waals surface area contributed by atoms with Gasteiger partial charge in [0.15, 0.2) is 0 Å². The molecule has 0 saturated heterocycles. The van der Waals surface area contributed by atoms with E-state index in [0.29, 0.717) is 27.5 Å². The molecular weight excluding hydrogens is 274 g/mol. The lowest BCUT2D eigenvalue weighted by Crippen LogP contribution is -2.08. The first-order chi connectivity index (χ1) is 9.78. The number of nitrogens with two attached hydrogens (primary N) is 1. The van der Waals surface area contributed by atoms with E-state index in [2.05, 4.69) is 20.5 Å². The van der Waals surface area contributed by atoms with Crippen LogP contribution >= 0.6 is 11.8 Å². The number of pyridine rings is 1. The van der Waals surface area contributed by atoms with E-state index in [1.807, 2.05) is 10.8 Å². The maximum absolute atomic E-state index is 8.81. The molecular formula is C12H13N7S. The van der Waals surface area contributed by atoms with Crippen LogP contribution in [-0.2, 0) is 0 Å². The van der Waals surface area contributed by atoms with E-state index in [-0.39, 0.29) is 0 Å². The van der Waals surface area contributed by atoms with E-state index in [0.717, 1.165) is 12.8 Å². The third kappa shape index (κ3) is 2.44. The summed E-state index contributed by atoms with van der Waals surface area (Å²) >= 11 is 1.33. The van der Waals surface area contributed by atoms with Crippen LogP contribution in [0.15, 0.2) is 22.4 Å².